The minimum Gasteiger partial charge on any atom is -0.330 e. The molecule has 1 aliphatic carbocycles. The third-order valence-electron chi connectivity index (χ3n) is 3.80. The van der Waals surface area contributed by atoms with Crippen LogP contribution < -0.4 is 5.73 Å². The topological polar surface area (TPSA) is 26.0 Å². The maximum atomic E-state index is 13.4. The van der Waals surface area contributed by atoms with Crippen LogP contribution in [0.3, 0.4) is 0 Å². The van der Waals surface area contributed by atoms with Gasteiger partial charge in [0.15, 0.2) is 5.82 Å². The van der Waals surface area contributed by atoms with E-state index in [1.54, 1.807) is 12.1 Å². The molecule has 1 aromatic carbocycles. The summed E-state index contributed by atoms with van der Waals surface area (Å²) in [5.74, 6) is -0.542. The largest absolute Gasteiger partial charge is 0.330 e. The fourth-order valence-electron chi connectivity index (χ4n) is 2.70. The Morgan fingerprint density at radius 3 is 2.12 bits per heavy atom. The van der Waals surface area contributed by atoms with Crippen LogP contribution in [0, 0.1) is 5.82 Å². The third-order valence-corrected chi connectivity index (χ3v) is 4.35. The Kier molecular flexibility index (Phi) is 3.96. The maximum Gasteiger partial charge on any atom is 0.160 e. The first kappa shape index (κ1) is 13.1. The molecule has 1 saturated carbocycles. The van der Waals surface area contributed by atoms with Gasteiger partial charge < -0.3 is 5.73 Å². The summed E-state index contributed by atoms with van der Waals surface area (Å²) in [5, 5.41) is 0.178. The summed E-state index contributed by atoms with van der Waals surface area (Å²) in [7, 11) is 0. The van der Waals surface area contributed by atoms with Gasteiger partial charge in [-0.25, -0.2) is 4.39 Å². The first-order valence-corrected chi connectivity index (χ1v) is 6.70. The van der Waals surface area contributed by atoms with E-state index in [-0.39, 0.29) is 15.5 Å². The van der Waals surface area contributed by atoms with Crippen molar-refractivity contribution in [3.63, 3.8) is 0 Å². The lowest BCUT2D eigenvalue weighted by molar-refractivity contribution is 0.300. The zero-order valence-corrected chi connectivity index (χ0v) is 11.1. The molecule has 1 nitrogen and oxygen atoms in total. The predicted molar refractivity (Wildman–Crippen MR) is 70.2 cm³/mol. The molecule has 0 saturated heterocycles. The Labute approximate surface area is 111 Å². The predicted octanol–water partition coefficient (Wildman–Crippen LogP) is 4.29. The van der Waals surface area contributed by atoms with Gasteiger partial charge in [0.2, 0.25) is 0 Å². The van der Waals surface area contributed by atoms with Gasteiger partial charge in [-0.2, -0.15) is 0 Å². The van der Waals surface area contributed by atoms with Crippen LogP contribution in [0.5, 0.6) is 0 Å². The van der Waals surface area contributed by atoms with Crippen LogP contribution in [-0.2, 0) is 5.41 Å². The van der Waals surface area contributed by atoms with Crippen molar-refractivity contribution in [2.45, 2.75) is 37.5 Å². The van der Waals surface area contributed by atoms with Gasteiger partial charge >= 0.3 is 0 Å². The number of nitrogens with two attached hydrogens (primary N) is 1. The fraction of sp³-hybridized carbons (Fsp3) is 0.538. The first-order chi connectivity index (χ1) is 8.09. The summed E-state index contributed by atoms with van der Waals surface area (Å²) in [6.07, 6.45) is 5.61. The van der Waals surface area contributed by atoms with E-state index in [1.807, 2.05) is 0 Å². The summed E-state index contributed by atoms with van der Waals surface area (Å²) >= 11 is 11.7. The molecule has 0 bridgehead atoms. The lowest BCUT2D eigenvalue weighted by atomic mass is 9.69. The molecule has 2 N–H and O–H groups in total. The lowest BCUT2D eigenvalue weighted by Gasteiger charge is -2.37. The summed E-state index contributed by atoms with van der Waals surface area (Å²) in [5.41, 5.74) is 6.84. The van der Waals surface area contributed by atoms with E-state index in [4.69, 9.17) is 28.9 Å². The molecule has 2 rings (SSSR count). The van der Waals surface area contributed by atoms with Gasteiger partial charge in [0.05, 0.1) is 10.0 Å². The monoisotopic (exact) mass is 275 g/mol. The summed E-state index contributed by atoms with van der Waals surface area (Å²) in [6, 6.07) is 3.36. The SMILES string of the molecule is NCC1(c2cc(Cl)c(F)c(Cl)c2)CCCCC1. The Morgan fingerprint density at radius 2 is 1.65 bits per heavy atom. The highest BCUT2D eigenvalue weighted by Gasteiger charge is 2.33. The van der Waals surface area contributed by atoms with Crippen LogP contribution in [0.2, 0.25) is 10.0 Å². The van der Waals surface area contributed by atoms with Crippen molar-refractivity contribution >= 4 is 23.2 Å². The highest BCUT2D eigenvalue weighted by Crippen LogP contribution is 2.41. The third kappa shape index (κ3) is 2.44. The molecule has 0 aliphatic heterocycles. The first-order valence-electron chi connectivity index (χ1n) is 5.94. The van der Waals surface area contributed by atoms with Gasteiger partial charge in [-0.05, 0) is 30.5 Å². The molecule has 0 aromatic heterocycles. The zero-order valence-electron chi connectivity index (χ0n) is 9.61. The Bertz CT molecular complexity index is 391. The van der Waals surface area contributed by atoms with E-state index < -0.39 is 5.82 Å². The number of rotatable bonds is 2. The van der Waals surface area contributed by atoms with Gasteiger partial charge in [0.25, 0.3) is 0 Å². The summed E-state index contributed by atoms with van der Waals surface area (Å²) in [6.45, 7) is 0.561. The van der Waals surface area contributed by atoms with E-state index in [9.17, 15) is 4.39 Å². The zero-order chi connectivity index (χ0) is 12.5. The summed E-state index contributed by atoms with van der Waals surface area (Å²) in [4.78, 5) is 0. The van der Waals surface area contributed by atoms with Gasteiger partial charge in [0, 0.05) is 12.0 Å². The van der Waals surface area contributed by atoms with Crippen LogP contribution >= 0.6 is 23.2 Å². The molecule has 0 radical (unpaired) electrons. The van der Waals surface area contributed by atoms with Crippen LogP contribution in [-0.4, -0.2) is 6.54 Å². The number of benzene rings is 1. The van der Waals surface area contributed by atoms with Crippen molar-refractivity contribution in [3.05, 3.63) is 33.6 Å². The number of hydrogen-bond acceptors (Lipinski definition) is 1. The smallest absolute Gasteiger partial charge is 0.160 e. The van der Waals surface area contributed by atoms with Gasteiger partial charge in [-0.15, -0.1) is 0 Å². The molecular formula is C13H16Cl2FN. The highest BCUT2D eigenvalue weighted by atomic mass is 35.5. The van der Waals surface area contributed by atoms with Gasteiger partial charge in [-0.1, -0.05) is 42.5 Å². The highest BCUT2D eigenvalue weighted by molar-refractivity contribution is 6.35. The molecule has 0 unspecified atom stereocenters. The second-order valence-corrected chi connectivity index (χ2v) is 5.61. The van der Waals surface area contributed by atoms with Crippen molar-refractivity contribution in [1.29, 1.82) is 0 Å². The Morgan fingerprint density at radius 1 is 1.12 bits per heavy atom. The van der Waals surface area contributed by atoms with Crippen molar-refractivity contribution in [2.24, 2.45) is 5.73 Å². The second kappa shape index (κ2) is 5.13. The van der Waals surface area contributed by atoms with Crippen LogP contribution in [0.4, 0.5) is 4.39 Å². The molecule has 1 fully saturated rings. The average molecular weight is 276 g/mol. The van der Waals surface area contributed by atoms with Gasteiger partial charge in [-0.3, -0.25) is 0 Å². The molecule has 0 spiro atoms. The van der Waals surface area contributed by atoms with Crippen LogP contribution in [0.25, 0.3) is 0 Å². The number of hydrogen-bond donors (Lipinski definition) is 1. The van der Waals surface area contributed by atoms with E-state index in [0.717, 1.165) is 31.2 Å². The quantitative estimate of drug-likeness (QED) is 0.801. The molecule has 94 valence electrons. The molecule has 0 heterocycles. The number of halogens is 3. The molecule has 0 atom stereocenters. The van der Waals surface area contributed by atoms with Crippen molar-refractivity contribution in [1.82, 2.24) is 0 Å². The minimum atomic E-state index is -0.542. The van der Waals surface area contributed by atoms with Crippen LogP contribution in [0.1, 0.15) is 37.7 Å². The van der Waals surface area contributed by atoms with E-state index >= 15 is 0 Å². The molecular weight excluding hydrogens is 260 g/mol. The minimum absolute atomic E-state index is 0.0702. The molecule has 0 amide bonds. The molecule has 1 aromatic rings. The van der Waals surface area contributed by atoms with Crippen molar-refractivity contribution < 1.29 is 4.39 Å². The van der Waals surface area contributed by atoms with Crippen molar-refractivity contribution in [2.75, 3.05) is 6.54 Å². The molecule has 1 aliphatic rings. The fourth-order valence-corrected chi connectivity index (χ4v) is 3.19. The summed E-state index contributed by atoms with van der Waals surface area (Å²) < 4.78 is 13.4. The van der Waals surface area contributed by atoms with E-state index in [1.165, 1.54) is 6.42 Å². The second-order valence-electron chi connectivity index (χ2n) is 4.80. The lowest BCUT2D eigenvalue weighted by Crippen LogP contribution is -2.37. The molecule has 4 heteroatoms. The van der Waals surface area contributed by atoms with Gasteiger partial charge in [0.1, 0.15) is 0 Å². The molecule has 17 heavy (non-hydrogen) atoms. The maximum absolute atomic E-state index is 13.4. The van der Waals surface area contributed by atoms with Crippen LogP contribution in [0.15, 0.2) is 12.1 Å². The van der Waals surface area contributed by atoms with Crippen molar-refractivity contribution in [3.8, 4) is 0 Å². The standard InChI is InChI=1S/C13H16Cl2FN/c14-10-6-9(7-11(15)12(10)16)13(8-17)4-2-1-3-5-13/h6-7H,1-5,8,17H2. The Hall–Kier alpha value is -0.310. The van der Waals surface area contributed by atoms with E-state index in [0.29, 0.717) is 6.54 Å². The normalized spacial score (nSPS) is 19.3. The Balaban J connectivity index is 2.43. The average Bonchev–Trinajstić information content (AvgIpc) is 2.36. The van der Waals surface area contributed by atoms with E-state index in [2.05, 4.69) is 0 Å².